The van der Waals surface area contributed by atoms with Crippen molar-refractivity contribution in [1.29, 1.82) is 0 Å². The fourth-order valence-corrected chi connectivity index (χ4v) is 3.98. The molecule has 0 aromatic carbocycles. The number of thiophene rings is 1. The molecule has 0 aliphatic rings. The van der Waals surface area contributed by atoms with E-state index in [2.05, 4.69) is 28.3 Å². The topological polar surface area (TPSA) is 59.3 Å². The van der Waals surface area contributed by atoms with Crippen LogP contribution in [0.2, 0.25) is 0 Å². The van der Waals surface area contributed by atoms with Crippen molar-refractivity contribution in [2.24, 2.45) is 0 Å². The second-order valence-electron chi connectivity index (χ2n) is 5.50. The normalized spacial score (nSPS) is 11.1. The van der Waals surface area contributed by atoms with Gasteiger partial charge in [0.15, 0.2) is 5.13 Å². The largest absolute Gasteiger partial charge is 0.306 e. The smallest absolute Gasteiger partial charge is 0.277 e. The minimum Gasteiger partial charge on any atom is -0.306 e. The molecular weight excluding hydrogens is 340 g/mol. The summed E-state index contributed by atoms with van der Waals surface area (Å²) in [7, 11) is 0. The van der Waals surface area contributed by atoms with Crippen LogP contribution in [0.25, 0.3) is 16.2 Å². The SMILES string of the molecule is Cc1ccn2cc(C(=O)Nc3nc(-c4ccc(C)s4)cs3)nc2c1. The Bertz CT molecular complexity index is 1040. The van der Waals surface area contributed by atoms with Crippen LogP contribution >= 0.6 is 22.7 Å². The average molecular weight is 354 g/mol. The highest BCUT2D eigenvalue weighted by Crippen LogP contribution is 2.30. The zero-order chi connectivity index (χ0) is 16.7. The second kappa shape index (κ2) is 5.85. The fourth-order valence-electron chi connectivity index (χ4n) is 2.37. The first kappa shape index (κ1) is 15.0. The van der Waals surface area contributed by atoms with Crippen molar-refractivity contribution in [2.45, 2.75) is 13.8 Å². The van der Waals surface area contributed by atoms with Crippen molar-refractivity contribution >= 4 is 39.4 Å². The number of carbonyl (C=O) groups is 1. The van der Waals surface area contributed by atoms with E-state index in [0.29, 0.717) is 10.8 Å². The van der Waals surface area contributed by atoms with Crippen LogP contribution in [0.4, 0.5) is 5.13 Å². The molecular formula is C17H14N4OS2. The molecule has 0 aliphatic carbocycles. The van der Waals surface area contributed by atoms with Crippen LogP contribution < -0.4 is 5.32 Å². The van der Waals surface area contributed by atoms with E-state index in [-0.39, 0.29) is 5.91 Å². The lowest BCUT2D eigenvalue weighted by Crippen LogP contribution is -2.11. The zero-order valence-corrected chi connectivity index (χ0v) is 14.7. The Balaban J connectivity index is 1.56. The number of rotatable bonds is 3. The van der Waals surface area contributed by atoms with Gasteiger partial charge in [0.1, 0.15) is 11.3 Å². The molecule has 1 amide bonds. The van der Waals surface area contributed by atoms with Gasteiger partial charge >= 0.3 is 0 Å². The Hall–Kier alpha value is -2.51. The van der Waals surface area contributed by atoms with Gasteiger partial charge in [-0.3, -0.25) is 10.1 Å². The summed E-state index contributed by atoms with van der Waals surface area (Å²) in [5, 5.41) is 5.36. The number of pyridine rings is 1. The van der Waals surface area contributed by atoms with E-state index in [0.717, 1.165) is 21.8 Å². The summed E-state index contributed by atoms with van der Waals surface area (Å²) in [6, 6.07) is 8.03. The minimum atomic E-state index is -0.250. The molecule has 0 saturated heterocycles. The highest BCUT2D eigenvalue weighted by molar-refractivity contribution is 7.17. The summed E-state index contributed by atoms with van der Waals surface area (Å²) in [4.78, 5) is 23.6. The summed E-state index contributed by atoms with van der Waals surface area (Å²) < 4.78 is 1.84. The van der Waals surface area contributed by atoms with Crippen molar-refractivity contribution < 1.29 is 4.79 Å². The molecule has 1 N–H and O–H groups in total. The van der Waals surface area contributed by atoms with Crippen molar-refractivity contribution in [3.05, 3.63) is 58.2 Å². The standard InChI is InChI=1S/C17H14N4OS2/c1-10-5-6-21-8-12(18-15(21)7-10)16(22)20-17-19-13(9-23-17)14-4-3-11(2)24-14/h3-9H,1-2H3,(H,19,20,22). The van der Waals surface area contributed by atoms with Crippen LogP contribution in [0.5, 0.6) is 0 Å². The van der Waals surface area contributed by atoms with Crippen molar-refractivity contribution in [1.82, 2.24) is 14.4 Å². The second-order valence-corrected chi connectivity index (χ2v) is 7.64. The highest BCUT2D eigenvalue weighted by Gasteiger charge is 2.14. The number of thiazole rings is 1. The number of amides is 1. The quantitative estimate of drug-likeness (QED) is 0.594. The van der Waals surface area contributed by atoms with Crippen molar-refractivity contribution in [2.75, 3.05) is 5.32 Å². The van der Waals surface area contributed by atoms with Gasteiger partial charge in [0.2, 0.25) is 0 Å². The number of carbonyl (C=O) groups excluding carboxylic acids is 1. The number of anilines is 1. The molecule has 4 heterocycles. The van der Waals surface area contributed by atoms with Gasteiger partial charge in [-0.15, -0.1) is 22.7 Å². The number of nitrogens with zero attached hydrogens (tertiary/aromatic N) is 3. The third-order valence-electron chi connectivity index (χ3n) is 3.57. The van der Waals surface area contributed by atoms with E-state index in [4.69, 9.17) is 0 Å². The lowest BCUT2D eigenvalue weighted by Gasteiger charge is -1.96. The molecule has 0 radical (unpaired) electrons. The van der Waals surface area contributed by atoms with Crippen molar-refractivity contribution in [3.8, 4) is 10.6 Å². The summed E-state index contributed by atoms with van der Waals surface area (Å²) in [5.41, 5.74) is 3.13. The summed E-state index contributed by atoms with van der Waals surface area (Å²) >= 11 is 3.10. The molecule has 0 atom stereocenters. The van der Waals surface area contributed by atoms with Crippen LogP contribution in [-0.2, 0) is 0 Å². The maximum absolute atomic E-state index is 12.4. The number of aryl methyl sites for hydroxylation is 2. The monoisotopic (exact) mass is 354 g/mol. The van der Waals surface area contributed by atoms with Crippen LogP contribution in [0.1, 0.15) is 20.9 Å². The van der Waals surface area contributed by atoms with E-state index in [9.17, 15) is 4.79 Å². The van der Waals surface area contributed by atoms with Gasteiger partial charge in [-0.05, 0) is 43.7 Å². The molecule has 24 heavy (non-hydrogen) atoms. The molecule has 4 rings (SSSR count). The molecule has 0 unspecified atom stereocenters. The van der Waals surface area contributed by atoms with Crippen LogP contribution in [0.15, 0.2) is 42.0 Å². The zero-order valence-electron chi connectivity index (χ0n) is 13.1. The lowest BCUT2D eigenvalue weighted by molar-refractivity contribution is 0.102. The number of hydrogen-bond acceptors (Lipinski definition) is 5. The Kier molecular flexibility index (Phi) is 3.66. The van der Waals surface area contributed by atoms with Gasteiger partial charge in [0, 0.05) is 22.7 Å². The van der Waals surface area contributed by atoms with E-state index in [1.54, 1.807) is 17.5 Å². The van der Waals surface area contributed by atoms with Gasteiger partial charge < -0.3 is 4.40 Å². The van der Waals surface area contributed by atoms with Crippen LogP contribution in [0, 0.1) is 13.8 Å². The average Bonchev–Trinajstić information content (AvgIpc) is 3.25. The Morgan fingerprint density at radius 1 is 1.21 bits per heavy atom. The molecule has 0 saturated carbocycles. The lowest BCUT2D eigenvalue weighted by atomic mass is 10.3. The summed E-state index contributed by atoms with van der Waals surface area (Å²) in [6.07, 6.45) is 3.62. The molecule has 120 valence electrons. The first-order valence-corrected chi connectivity index (χ1v) is 9.07. The minimum absolute atomic E-state index is 0.250. The molecule has 4 aromatic heterocycles. The first-order chi connectivity index (χ1) is 11.6. The predicted octanol–water partition coefficient (Wildman–Crippen LogP) is 4.39. The van der Waals surface area contributed by atoms with Crippen LogP contribution in [-0.4, -0.2) is 20.3 Å². The maximum atomic E-state index is 12.4. The Morgan fingerprint density at radius 2 is 2.08 bits per heavy atom. The molecule has 0 bridgehead atoms. The Morgan fingerprint density at radius 3 is 2.88 bits per heavy atom. The van der Waals surface area contributed by atoms with Crippen LogP contribution in [0.3, 0.4) is 0 Å². The van der Waals surface area contributed by atoms with E-state index < -0.39 is 0 Å². The molecule has 7 heteroatoms. The highest BCUT2D eigenvalue weighted by atomic mass is 32.1. The number of nitrogens with one attached hydrogen (secondary N) is 1. The van der Waals surface area contributed by atoms with E-state index in [1.165, 1.54) is 16.2 Å². The van der Waals surface area contributed by atoms with Gasteiger partial charge in [-0.2, -0.15) is 0 Å². The molecule has 0 spiro atoms. The molecule has 4 aromatic rings. The third-order valence-corrected chi connectivity index (χ3v) is 5.35. The number of aromatic nitrogens is 3. The van der Waals surface area contributed by atoms with Crippen molar-refractivity contribution in [3.63, 3.8) is 0 Å². The number of hydrogen-bond donors (Lipinski definition) is 1. The molecule has 0 fully saturated rings. The van der Waals surface area contributed by atoms with Gasteiger partial charge in [0.25, 0.3) is 5.91 Å². The molecule has 5 nitrogen and oxygen atoms in total. The summed E-state index contributed by atoms with van der Waals surface area (Å²) in [6.45, 7) is 4.06. The van der Waals surface area contributed by atoms with Gasteiger partial charge in [-0.1, -0.05) is 0 Å². The molecule has 0 aliphatic heterocycles. The first-order valence-electron chi connectivity index (χ1n) is 7.37. The Labute approximate surface area is 146 Å². The third kappa shape index (κ3) is 2.83. The number of fused-ring (bicyclic) bond motifs is 1. The van der Waals surface area contributed by atoms with E-state index >= 15 is 0 Å². The number of imidazole rings is 1. The van der Waals surface area contributed by atoms with E-state index in [1.807, 2.05) is 41.1 Å². The maximum Gasteiger partial charge on any atom is 0.277 e. The fraction of sp³-hybridized carbons (Fsp3) is 0.118. The van der Waals surface area contributed by atoms with Gasteiger partial charge in [-0.25, -0.2) is 9.97 Å². The predicted molar refractivity (Wildman–Crippen MR) is 98.0 cm³/mol. The van der Waals surface area contributed by atoms with Gasteiger partial charge in [0.05, 0.1) is 10.6 Å². The summed E-state index contributed by atoms with van der Waals surface area (Å²) in [5.74, 6) is -0.250.